The van der Waals surface area contributed by atoms with Crippen LogP contribution in [0.15, 0.2) is 12.7 Å². The summed E-state index contributed by atoms with van der Waals surface area (Å²) < 4.78 is 1.63. The summed E-state index contributed by atoms with van der Waals surface area (Å²) in [5.41, 5.74) is 12.1. The monoisotopic (exact) mass is 249 g/mol. The average molecular weight is 249 g/mol. The zero-order valence-electron chi connectivity index (χ0n) is 9.83. The number of nitrogens with one attached hydrogen (secondary N) is 1. The Hall–Kier alpha value is -2.22. The summed E-state index contributed by atoms with van der Waals surface area (Å²) in [5.74, 6) is 0.197. The minimum Gasteiger partial charge on any atom is -0.382 e. The largest absolute Gasteiger partial charge is 0.382 e. The van der Waals surface area contributed by atoms with Gasteiger partial charge in [0.15, 0.2) is 11.5 Å². The van der Waals surface area contributed by atoms with Gasteiger partial charge in [0.25, 0.3) is 0 Å². The molecule has 0 aliphatic heterocycles. The summed E-state index contributed by atoms with van der Waals surface area (Å²) in [6, 6.07) is 0. The quantitative estimate of drug-likeness (QED) is 0.576. The molecule has 0 bridgehead atoms. The van der Waals surface area contributed by atoms with Gasteiger partial charge in [0.05, 0.1) is 6.33 Å². The highest BCUT2D eigenvalue weighted by atomic mass is 16.1. The summed E-state index contributed by atoms with van der Waals surface area (Å²) in [4.78, 5) is 23.6. The number of amides is 1. The van der Waals surface area contributed by atoms with E-state index in [1.54, 1.807) is 4.57 Å². The van der Waals surface area contributed by atoms with E-state index < -0.39 is 0 Å². The Morgan fingerprint density at radius 2 is 2.22 bits per heavy atom. The van der Waals surface area contributed by atoms with Crippen molar-refractivity contribution < 1.29 is 4.79 Å². The molecule has 0 atom stereocenters. The molecule has 1 amide bonds. The Labute approximate surface area is 103 Å². The van der Waals surface area contributed by atoms with Gasteiger partial charge in [0.1, 0.15) is 18.4 Å². The molecule has 0 unspecified atom stereocenters. The van der Waals surface area contributed by atoms with Crippen LogP contribution in [-0.2, 0) is 11.3 Å². The molecule has 0 aliphatic carbocycles. The van der Waals surface area contributed by atoms with E-state index in [-0.39, 0.29) is 12.5 Å². The van der Waals surface area contributed by atoms with Gasteiger partial charge in [-0.15, -0.1) is 0 Å². The van der Waals surface area contributed by atoms with E-state index >= 15 is 0 Å². The molecule has 8 nitrogen and oxygen atoms in total. The number of carbonyl (C=O) groups is 1. The van der Waals surface area contributed by atoms with E-state index in [0.717, 1.165) is 6.42 Å². The lowest BCUT2D eigenvalue weighted by Crippen LogP contribution is -2.29. The first kappa shape index (κ1) is 12.2. The summed E-state index contributed by atoms with van der Waals surface area (Å²) in [7, 11) is 0. The first-order valence-corrected chi connectivity index (χ1v) is 5.60. The number of rotatable bonds is 5. The molecule has 2 aromatic heterocycles. The topological polar surface area (TPSA) is 125 Å². The number of hydrogen-bond donors (Lipinski definition) is 3. The number of nitrogen functional groups attached to an aromatic ring is 1. The van der Waals surface area contributed by atoms with Crippen molar-refractivity contribution in [3.8, 4) is 0 Å². The van der Waals surface area contributed by atoms with Crippen LogP contribution in [0.2, 0.25) is 0 Å². The van der Waals surface area contributed by atoms with E-state index in [2.05, 4.69) is 20.3 Å². The van der Waals surface area contributed by atoms with Crippen LogP contribution < -0.4 is 16.8 Å². The van der Waals surface area contributed by atoms with Crippen molar-refractivity contribution in [2.75, 3.05) is 18.8 Å². The smallest absolute Gasteiger partial charge is 0.240 e. The molecular formula is C10H15N7O. The van der Waals surface area contributed by atoms with Crippen molar-refractivity contribution in [1.82, 2.24) is 24.8 Å². The zero-order chi connectivity index (χ0) is 13.0. The van der Waals surface area contributed by atoms with Gasteiger partial charge in [-0.2, -0.15) is 0 Å². The molecule has 2 rings (SSSR count). The lowest BCUT2D eigenvalue weighted by atomic mass is 10.4. The Balaban J connectivity index is 2.08. The molecule has 0 spiro atoms. The maximum absolute atomic E-state index is 11.6. The number of fused-ring (bicyclic) bond motifs is 1. The van der Waals surface area contributed by atoms with Gasteiger partial charge >= 0.3 is 0 Å². The maximum Gasteiger partial charge on any atom is 0.240 e. The molecule has 0 radical (unpaired) electrons. The third-order valence-electron chi connectivity index (χ3n) is 2.45. The fourth-order valence-electron chi connectivity index (χ4n) is 1.55. The number of aromatic nitrogens is 4. The predicted molar refractivity (Wildman–Crippen MR) is 66.4 cm³/mol. The van der Waals surface area contributed by atoms with E-state index in [1.165, 1.54) is 12.7 Å². The molecular weight excluding hydrogens is 234 g/mol. The predicted octanol–water partition coefficient (Wildman–Crippen LogP) is -1.13. The highest BCUT2D eigenvalue weighted by molar-refractivity contribution is 5.83. The lowest BCUT2D eigenvalue weighted by molar-refractivity contribution is -0.121. The summed E-state index contributed by atoms with van der Waals surface area (Å²) in [6.45, 7) is 1.27. The van der Waals surface area contributed by atoms with Crippen LogP contribution >= 0.6 is 0 Å². The molecule has 2 heterocycles. The molecule has 8 heteroatoms. The van der Waals surface area contributed by atoms with Gasteiger partial charge in [-0.25, -0.2) is 15.0 Å². The van der Waals surface area contributed by atoms with Crippen LogP contribution in [0.5, 0.6) is 0 Å². The van der Waals surface area contributed by atoms with Crippen LogP contribution in [-0.4, -0.2) is 38.5 Å². The van der Waals surface area contributed by atoms with Crippen LogP contribution in [0.3, 0.4) is 0 Å². The second-order valence-electron chi connectivity index (χ2n) is 3.80. The van der Waals surface area contributed by atoms with Crippen LogP contribution in [0.25, 0.3) is 11.2 Å². The Kier molecular flexibility index (Phi) is 3.68. The number of imidazole rings is 1. The van der Waals surface area contributed by atoms with Gasteiger partial charge in [-0.05, 0) is 13.0 Å². The van der Waals surface area contributed by atoms with Crippen molar-refractivity contribution in [2.45, 2.75) is 13.0 Å². The Morgan fingerprint density at radius 1 is 1.39 bits per heavy atom. The second kappa shape index (κ2) is 5.41. The van der Waals surface area contributed by atoms with Crippen molar-refractivity contribution in [3.05, 3.63) is 12.7 Å². The van der Waals surface area contributed by atoms with Gasteiger partial charge in [0, 0.05) is 6.54 Å². The third kappa shape index (κ3) is 2.54. The first-order chi connectivity index (χ1) is 8.72. The first-order valence-electron chi connectivity index (χ1n) is 5.60. The fourth-order valence-corrected chi connectivity index (χ4v) is 1.55. The highest BCUT2D eigenvalue weighted by Gasteiger charge is 2.10. The standard InChI is InChI=1S/C10H15N7O/c11-2-1-3-13-7(18)4-17-6-16-8-9(12)14-5-15-10(8)17/h5-6H,1-4,11H2,(H,13,18)(H2,12,14,15). The number of nitrogens with two attached hydrogens (primary N) is 2. The van der Waals surface area contributed by atoms with Crippen LogP contribution in [0.1, 0.15) is 6.42 Å². The molecule has 0 aliphatic rings. The number of carbonyl (C=O) groups excluding carboxylic acids is 1. The number of nitrogens with zero attached hydrogens (tertiary/aromatic N) is 4. The molecule has 18 heavy (non-hydrogen) atoms. The molecule has 0 saturated carbocycles. The van der Waals surface area contributed by atoms with E-state index in [1.807, 2.05) is 0 Å². The SMILES string of the molecule is NCCCNC(=O)Cn1cnc2c(N)ncnc21. The lowest BCUT2D eigenvalue weighted by Gasteiger charge is -2.05. The molecule has 5 N–H and O–H groups in total. The van der Waals surface area contributed by atoms with Crippen molar-refractivity contribution in [1.29, 1.82) is 0 Å². The summed E-state index contributed by atoms with van der Waals surface area (Å²) in [6.07, 6.45) is 3.63. The highest BCUT2D eigenvalue weighted by Crippen LogP contribution is 2.13. The number of hydrogen-bond acceptors (Lipinski definition) is 6. The Bertz CT molecular complexity index is 550. The average Bonchev–Trinajstić information content (AvgIpc) is 2.74. The molecule has 2 aromatic rings. The van der Waals surface area contributed by atoms with Crippen molar-refractivity contribution >= 4 is 22.9 Å². The van der Waals surface area contributed by atoms with Crippen molar-refractivity contribution in [2.24, 2.45) is 5.73 Å². The van der Waals surface area contributed by atoms with Gasteiger partial charge in [0.2, 0.25) is 5.91 Å². The summed E-state index contributed by atoms with van der Waals surface area (Å²) >= 11 is 0. The van der Waals surface area contributed by atoms with Gasteiger partial charge in [-0.1, -0.05) is 0 Å². The summed E-state index contributed by atoms with van der Waals surface area (Å²) in [5, 5.41) is 2.76. The Morgan fingerprint density at radius 3 is 3.00 bits per heavy atom. The van der Waals surface area contributed by atoms with Crippen LogP contribution in [0.4, 0.5) is 5.82 Å². The molecule has 96 valence electrons. The molecule has 0 fully saturated rings. The van der Waals surface area contributed by atoms with E-state index in [9.17, 15) is 4.79 Å². The minimum atomic E-state index is -0.111. The molecule has 0 saturated heterocycles. The second-order valence-corrected chi connectivity index (χ2v) is 3.80. The van der Waals surface area contributed by atoms with E-state index in [4.69, 9.17) is 11.5 Å². The van der Waals surface area contributed by atoms with Crippen molar-refractivity contribution in [3.63, 3.8) is 0 Å². The number of anilines is 1. The molecule has 0 aromatic carbocycles. The van der Waals surface area contributed by atoms with Gasteiger partial charge < -0.3 is 21.4 Å². The minimum absolute atomic E-state index is 0.111. The van der Waals surface area contributed by atoms with Gasteiger partial charge in [-0.3, -0.25) is 4.79 Å². The third-order valence-corrected chi connectivity index (χ3v) is 2.45. The normalized spacial score (nSPS) is 10.7. The fraction of sp³-hybridized carbons (Fsp3) is 0.400. The van der Waals surface area contributed by atoms with Crippen LogP contribution in [0, 0.1) is 0 Å². The maximum atomic E-state index is 11.6. The zero-order valence-corrected chi connectivity index (χ0v) is 9.83. The van der Waals surface area contributed by atoms with E-state index in [0.29, 0.717) is 30.1 Å².